The molecule has 0 aliphatic carbocycles. The van der Waals surface area contributed by atoms with Crippen LogP contribution in [0.4, 0.5) is 0 Å². The normalized spacial score (nSPS) is 11.8. The van der Waals surface area contributed by atoms with Crippen LogP contribution in [0.25, 0.3) is 0 Å². The van der Waals surface area contributed by atoms with E-state index in [1.54, 1.807) is 32.0 Å². The Morgan fingerprint density at radius 1 is 0.880 bits per heavy atom. The number of benzene rings is 2. The molecule has 2 rings (SSSR count). The fourth-order valence-electron chi connectivity index (χ4n) is 2.77. The number of carbonyl (C=O) groups excluding carboxylic acids is 2. The summed E-state index contributed by atoms with van der Waals surface area (Å²) >= 11 is 6.13. The topological polar surface area (TPSA) is 52.6 Å². The molecule has 0 N–H and O–H groups in total. The first kappa shape index (κ1) is 19.0. The van der Waals surface area contributed by atoms with Crippen LogP contribution >= 0.6 is 11.6 Å². The zero-order chi connectivity index (χ0) is 18.2. The first-order chi connectivity index (χ1) is 12.1. The van der Waals surface area contributed by atoms with Crippen molar-refractivity contribution in [3.05, 3.63) is 70.7 Å². The molecule has 0 aliphatic rings. The van der Waals surface area contributed by atoms with Gasteiger partial charge < -0.3 is 9.47 Å². The highest BCUT2D eigenvalue weighted by Crippen LogP contribution is 2.35. The van der Waals surface area contributed by atoms with E-state index < -0.39 is 23.8 Å². The quantitative estimate of drug-likeness (QED) is 0.548. The Hall–Kier alpha value is -2.33. The van der Waals surface area contributed by atoms with Crippen LogP contribution in [-0.2, 0) is 19.1 Å². The zero-order valence-electron chi connectivity index (χ0n) is 14.3. The molecule has 1 atom stereocenters. The summed E-state index contributed by atoms with van der Waals surface area (Å²) in [6.45, 7) is 3.78. The van der Waals surface area contributed by atoms with Crippen molar-refractivity contribution < 1.29 is 19.1 Å². The fourth-order valence-corrected chi connectivity index (χ4v) is 2.97. The minimum absolute atomic E-state index is 0.186. The number of esters is 2. The predicted molar refractivity (Wildman–Crippen MR) is 96.5 cm³/mol. The summed E-state index contributed by atoms with van der Waals surface area (Å²) in [6, 6.07) is 16.5. The third kappa shape index (κ3) is 4.83. The molecule has 0 spiro atoms. The molecule has 0 aromatic heterocycles. The molecule has 0 saturated heterocycles. The molecule has 132 valence electrons. The Morgan fingerprint density at radius 2 is 1.44 bits per heavy atom. The minimum atomic E-state index is -1.10. The maximum Gasteiger partial charge on any atom is 0.321 e. The van der Waals surface area contributed by atoms with Crippen molar-refractivity contribution in [3.8, 4) is 0 Å². The van der Waals surface area contributed by atoms with Gasteiger partial charge in [0.15, 0.2) is 5.92 Å². The van der Waals surface area contributed by atoms with Crippen LogP contribution < -0.4 is 0 Å². The molecule has 0 aliphatic heterocycles. The van der Waals surface area contributed by atoms with Crippen molar-refractivity contribution in [1.29, 1.82) is 0 Å². The van der Waals surface area contributed by atoms with Crippen molar-refractivity contribution in [3.63, 3.8) is 0 Å². The molecular formula is C20H21ClO4. The lowest BCUT2D eigenvalue weighted by Gasteiger charge is -2.25. The summed E-state index contributed by atoms with van der Waals surface area (Å²) in [4.78, 5) is 25.2. The molecule has 4 nitrogen and oxygen atoms in total. The van der Waals surface area contributed by atoms with Gasteiger partial charge in [-0.25, -0.2) is 0 Å². The van der Waals surface area contributed by atoms with Crippen LogP contribution in [0, 0.1) is 5.92 Å². The predicted octanol–water partition coefficient (Wildman–Crippen LogP) is 4.21. The number of hydrogen-bond acceptors (Lipinski definition) is 4. The van der Waals surface area contributed by atoms with Gasteiger partial charge in [0.25, 0.3) is 0 Å². The largest absolute Gasteiger partial charge is 0.465 e. The number of halogens is 1. The average molecular weight is 361 g/mol. The van der Waals surface area contributed by atoms with Gasteiger partial charge >= 0.3 is 11.9 Å². The standard InChI is InChI=1S/C20H21ClO4/c1-3-24-19(22)18(20(23)25-4-2)17(14-9-6-5-7-10-14)15-11-8-12-16(21)13-15/h5-13,17-18H,3-4H2,1-2H3/t17-/m1/s1. The van der Waals surface area contributed by atoms with Crippen molar-refractivity contribution in [2.24, 2.45) is 5.92 Å². The van der Waals surface area contributed by atoms with Gasteiger partial charge in [0.1, 0.15) is 0 Å². The van der Waals surface area contributed by atoms with Crippen molar-refractivity contribution in [1.82, 2.24) is 0 Å². The molecule has 0 radical (unpaired) electrons. The minimum Gasteiger partial charge on any atom is -0.465 e. The summed E-state index contributed by atoms with van der Waals surface area (Å²) in [5.41, 5.74) is 1.57. The molecule has 2 aromatic rings. The number of carbonyl (C=O) groups is 2. The van der Waals surface area contributed by atoms with Crippen LogP contribution in [-0.4, -0.2) is 25.2 Å². The van der Waals surface area contributed by atoms with E-state index in [-0.39, 0.29) is 13.2 Å². The Bertz CT molecular complexity index is 697. The third-order valence-electron chi connectivity index (χ3n) is 3.78. The van der Waals surface area contributed by atoms with Crippen LogP contribution in [0.5, 0.6) is 0 Å². The second-order valence-electron chi connectivity index (χ2n) is 5.43. The summed E-state index contributed by atoms with van der Waals surface area (Å²) in [6.07, 6.45) is 0. The Morgan fingerprint density at radius 3 is 1.96 bits per heavy atom. The van der Waals surface area contributed by atoms with Crippen molar-refractivity contribution in [2.75, 3.05) is 13.2 Å². The second kappa shape index (κ2) is 9.23. The highest BCUT2D eigenvalue weighted by molar-refractivity contribution is 6.30. The first-order valence-electron chi connectivity index (χ1n) is 8.22. The van der Waals surface area contributed by atoms with Crippen LogP contribution in [0.3, 0.4) is 0 Å². The maximum absolute atomic E-state index is 12.6. The first-order valence-corrected chi connectivity index (χ1v) is 8.60. The third-order valence-corrected chi connectivity index (χ3v) is 4.02. The number of hydrogen-bond donors (Lipinski definition) is 0. The Balaban J connectivity index is 2.57. The second-order valence-corrected chi connectivity index (χ2v) is 5.86. The summed E-state index contributed by atoms with van der Waals surface area (Å²) in [5, 5.41) is 0.532. The Labute approximate surface area is 152 Å². The van der Waals surface area contributed by atoms with E-state index in [9.17, 15) is 9.59 Å². The van der Waals surface area contributed by atoms with E-state index in [1.807, 2.05) is 36.4 Å². The lowest BCUT2D eigenvalue weighted by Crippen LogP contribution is -2.34. The van der Waals surface area contributed by atoms with E-state index in [4.69, 9.17) is 21.1 Å². The van der Waals surface area contributed by atoms with E-state index >= 15 is 0 Å². The van der Waals surface area contributed by atoms with E-state index in [0.29, 0.717) is 5.02 Å². The van der Waals surface area contributed by atoms with E-state index in [2.05, 4.69) is 0 Å². The lowest BCUT2D eigenvalue weighted by atomic mass is 9.80. The van der Waals surface area contributed by atoms with Crippen LogP contribution in [0.15, 0.2) is 54.6 Å². The fraction of sp³-hybridized carbons (Fsp3) is 0.300. The zero-order valence-corrected chi connectivity index (χ0v) is 15.0. The van der Waals surface area contributed by atoms with Gasteiger partial charge in [-0.15, -0.1) is 0 Å². The van der Waals surface area contributed by atoms with Gasteiger partial charge in [0.05, 0.1) is 13.2 Å². The van der Waals surface area contributed by atoms with E-state index in [0.717, 1.165) is 11.1 Å². The maximum atomic E-state index is 12.6. The molecule has 2 aromatic carbocycles. The van der Waals surface area contributed by atoms with Gasteiger partial charge in [-0.05, 0) is 37.1 Å². The van der Waals surface area contributed by atoms with E-state index in [1.165, 1.54) is 0 Å². The molecule has 5 heteroatoms. The van der Waals surface area contributed by atoms with Crippen molar-refractivity contribution in [2.45, 2.75) is 19.8 Å². The molecule has 0 amide bonds. The molecule has 25 heavy (non-hydrogen) atoms. The van der Waals surface area contributed by atoms with Gasteiger partial charge in [-0.1, -0.05) is 54.1 Å². The molecular weight excluding hydrogens is 340 g/mol. The monoisotopic (exact) mass is 360 g/mol. The SMILES string of the molecule is CCOC(=O)C(C(=O)OCC)[C@H](c1ccccc1)c1cccc(Cl)c1. The summed E-state index contributed by atoms with van der Waals surface area (Å²) in [5.74, 6) is -2.84. The smallest absolute Gasteiger partial charge is 0.321 e. The molecule has 0 saturated carbocycles. The van der Waals surface area contributed by atoms with Gasteiger partial charge in [-0.3, -0.25) is 9.59 Å². The van der Waals surface area contributed by atoms with Gasteiger partial charge in [0.2, 0.25) is 0 Å². The summed E-state index contributed by atoms with van der Waals surface area (Å²) in [7, 11) is 0. The highest BCUT2D eigenvalue weighted by atomic mass is 35.5. The molecule has 0 unspecified atom stereocenters. The van der Waals surface area contributed by atoms with Gasteiger partial charge in [-0.2, -0.15) is 0 Å². The summed E-state index contributed by atoms with van der Waals surface area (Å²) < 4.78 is 10.3. The molecule has 0 fully saturated rings. The lowest BCUT2D eigenvalue weighted by molar-refractivity contribution is -0.162. The van der Waals surface area contributed by atoms with Crippen LogP contribution in [0.2, 0.25) is 5.02 Å². The average Bonchev–Trinajstić information content (AvgIpc) is 2.60. The molecule has 0 heterocycles. The Kier molecular flexibility index (Phi) is 7.02. The van der Waals surface area contributed by atoms with Crippen molar-refractivity contribution >= 4 is 23.5 Å². The number of ether oxygens (including phenoxy) is 2. The highest BCUT2D eigenvalue weighted by Gasteiger charge is 2.39. The van der Waals surface area contributed by atoms with Gasteiger partial charge in [0, 0.05) is 10.9 Å². The molecule has 0 bridgehead atoms. The van der Waals surface area contributed by atoms with Crippen LogP contribution in [0.1, 0.15) is 30.9 Å². The number of rotatable bonds is 7.